The van der Waals surface area contributed by atoms with Crippen molar-refractivity contribution < 1.29 is 24.7 Å². The van der Waals surface area contributed by atoms with Crippen LogP contribution in [0.5, 0.6) is 5.75 Å². The van der Waals surface area contributed by atoms with Gasteiger partial charge in [0.2, 0.25) is 0 Å². The SMILES string of the molecule is Cc1ccc(N2C(=O)C(=O)/C(=C(/O)c3ccc([N+](=O)[O-])cc3)C2c2ccc(O)c(Cl)c2)cc1C. The molecule has 3 aromatic rings. The van der Waals surface area contributed by atoms with E-state index in [1.807, 2.05) is 19.9 Å². The summed E-state index contributed by atoms with van der Waals surface area (Å²) in [6.45, 7) is 3.79. The predicted molar refractivity (Wildman–Crippen MR) is 127 cm³/mol. The first-order chi connectivity index (χ1) is 16.1. The van der Waals surface area contributed by atoms with Crippen molar-refractivity contribution in [2.24, 2.45) is 0 Å². The van der Waals surface area contributed by atoms with Gasteiger partial charge >= 0.3 is 0 Å². The molecule has 3 aromatic carbocycles. The van der Waals surface area contributed by atoms with E-state index in [-0.39, 0.29) is 27.6 Å². The number of amides is 1. The maximum atomic E-state index is 13.2. The van der Waals surface area contributed by atoms with Gasteiger partial charge in [-0.2, -0.15) is 0 Å². The third kappa shape index (κ3) is 3.88. The number of ketones is 1. The molecule has 0 saturated carbocycles. The van der Waals surface area contributed by atoms with Crippen molar-refractivity contribution in [2.45, 2.75) is 19.9 Å². The molecule has 9 heteroatoms. The van der Waals surface area contributed by atoms with Crippen LogP contribution in [0, 0.1) is 24.0 Å². The number of halogens is 1. The Morgan fingerprint density at radius 2 is 1.68 bits per heavy atom. The highest BCUT2D eigenvalue weighted by atomic mass is 35.5. The smallest absolute Gasteiger partial charge is 0.300 e. The molecule has 1 heterocycles. The van der Waals surface area contributed by atoms with Gasteiger partial charge < -0.3 is 10.2 Å². The first kappa shape index (κ1) is 23.0. The number of phenolic OH excluding ortho intramolecular Hbond substituents is 1. The van der Waals surface area contributed by atoms with Crippen LogP contribution in [0.25, 0.3) is 5.76 Å². The molecule has 4 rings (SSSR count). The van der Waals surface area contributed by atoms with Crippen LogP contribution in [0.3, 0.4) is 0 Å². The van der Waals surface area contributed by atoms with E-state index in [1.54, 1.807) is 12.1 Å². The number of nitro benzene ring substituents is 1. The van der Waals surface area contributed by atoms with Gasteiger partial charge in [-0.15, -0.1) is 0 Å². The van der Waals surface area contributed by atoms with Crippen LogP contribution in [0.1, 0.15) is 28.3 Å². The molecule has 8 nitrogen and oxygen atoms in total. The summed E-state index contributed by atoms with van der Waals surface area (Å²) in [6.07, 6.45) is 0. The van der Waals surface area contributed by atoms with Gasteiger partial charge in [0.25, 0.3) is 17.4 Å². The number of anilines is 1. The fourth-order valence-corrected chi connectivity index (χ4v) is 4.07. The van der Waals surface area contributed by atoms with Crippen LogP contribution in [0.15, 0.2) is 66.2 Å². The second-order valence-electron chi connectivity index (χ2n) is 7.95. The van der Waals surface area contributed by atoms with E-state index < -0.39 is 28.4 Å². The zero-order valence-corrected chi connectivity index (χ0v) is 18.9. The number of rotatable bonds is 4. The lowest BCUT2D eigenvalue weighted by molar-refractivity contribution is -0.384. The largest absolute Gasteiger partial charge is 0.507 e. The minimum atomic E-state index is -1.05. The van der Waals surface area contributed by atoms with E-state index in [9.17, 15) is 29.9 Å². The first-order valence-corrected chi connectivity index (χ1v) is 10.6. The third-order valence-corrected chi connectivity index (χ3v) is 6.15. The number of carbonyl (C=O) groups is 2. The molecule has 1 amide bonds. The number of non-ortho nitro benzene ring substituents is 1. The minimum Gasteiger partial charge on any atom is -0.507 e. The Kier molecular flexibility index (Phi) is 5.85. The summed E-state index contributed by atoms with van der Waals surface area (Å²) in [5.41, 5.74) is 2.49. The second kappa shape index (κ2) is 8.64. The number of aliphatic hydroxyl groups is 1. The van der Waals surface area contributed by atoms with E-state index in [1.165, 1.54) is 47.4 Å². The molecule has 1 unspecified atom stereocenters. The maximum absolute atomic E-state index is 13.2. The zero-order chi connectivity index (χ0) is 24.7. The molecular formula is C25H19ClN2O6. The summed E-state index contributed by atoms with van der Waals surface area (Å²) in [6, 6.07) is 13.5. The number of nitro groups is 1. The molecule has 0 bridgehead atoms. The standard InChI is InChI=1S/C25H19ClN2O6/c1-13-3-7-18(11-14(13)2)27-22(16-6-10-20(29)19(26)12-16)21(24(31)25(27)32)23(30)15-4-8-17(9-5-15)28(33)34/h3-12,22,29-30H,1-2H3/b23-21+. The molecule has 34 heavy (non-hydrogen) atoms. The number of Topliss-reactive ketones (excluding diaryl/α,β-unsaturated/α-hetero) is 1. The van der Waals surface area contributed by atoms with E-state index >= 15 is 0 Å². The molecule has 0 spiro atoms. The number of carbonyl (C=O) groups excluding carboxylic acids is 2. The molecule has 2 N–H and O–H groups in total. The van der Waals surface area contributed by atoms with Crippen LogP contribution in [-0.4, -0.2) is 26.8 Å². The molecule has 0 radical (unpaired) electrons. The van der Waals surface area contributed by atoms with Crippen molar-refractivity contribution in [3.63, 3.8) is 0 Å². The van der Waals surface area contributed by atoms with E-state index in [2.05, 4.69) is 0 Å². The fraction of sp³-hybridized carbons (Fsp3) is 0.120. The van der Waals surface area contributed by atoms with Crippen LogP contribution in [-0.2, 0) is 9.59 Å². The van der Waals surface area contributed by atoms with Gasteiger partial charge in [-0.25, -0.2) is 0 Å². The highest BCUT2D eigenvalue weighted by Crippen LogP contribution is 2.43. The van der Waals surface area contributed by atoms with E-state index in [0.717, 1.165) is 11.1 Å². The van der Waals surface area contributed by atoms with Crippen molar-refractivity contribution in [2.75, 3.05) is 4.90 Å². The minimum absolute atomic E-state index is 0.0125. The zero-order valence-electron chi connectivity index (χ0n) is 18.2. The third-order valence-electron chi connectivity index (χ3n) is 5.85. The van der Waals surface area contributed by atoms with Crippen LogP contribution in [0.4, 0.5) is 11.4 Å². The van der Waals surface area contributed by atoms with Crippen molar-refractivity contribution in [1.29, 1.82) is 0 Å². The molecular weight excluding hydrogens is 460 g/mol. The lowest BCUT2D eigenvalue weighted by atomic mass is 9.94. The monoisotopic (exact) mass is 478 g/mol. The van der Waals surface area contributed by atoms with Gasteiger partial charge in [0.15, 0.2) is 0 Å². The van der Waals surface area contributed by atoms with Gasteiger partial charge in [-0.1, -0.05) is 23.7 Å². The fourth-order valence-electron chi connectivity index (χ4n) is 3.88. The lowest BCUT2D eigenvalue weighted by Crippen LogP contribution is -2.29. The number of aryl methyl sites for hydroxylation is 2. The van der Waals surface area contributed by atoms with Crippen LogP contribution >= 0.6 is 11.6 Å². The van der Waals surface area contributed by atoms with Crippen molar-refractivity contribution >= 4 is 40.4 Å². The van der Waals surface area contributed by atoms with Gasteiger partial charge in [0.1, 0.15) is 11.5 Å². The number of nitrogens with zero attached hydrogens (tertiary/aromatic N) is 2. The quantitative estimate of drug-likeness (QED) is 0.175. The Balaban J connectivity index is 1.95. The van der Waals surface area contributed by atoms with Gasteiger partial charge in [0.05, 0.1) is 21.6 Å². The summed E-state index contributed by atoms with van der Waals surface area (Å²) in [7, 11) is 0. The number of aromatic hydroxyl groups is 1. The average Bonchev–Trinajstić information content (AvgIpc) is 3.07. The molecule has 1 atom stereocenters. The van der Waals surface area contributed by atoms with Crippen molar-refractivity contribution in [1.82, 2.24) is 0 Å². The lowest BCUT2D eigenvalue weighted by Gasteiger charge is -2.26. The highest BCUT2D eigenvalue weighted by molar-refractivity contribution is 6.51. The molecule has 1 aliphatic heterocycles. The van der Waals surface area contributed by atoms with E-state index in [4.69, 9.17) is 11.6 Å². The Morgan fingerprint density at radius 1 is 1.00 bits per heavy atom. The topological polar surface area (TPSA) is 121 Å². The summed E-state index contributed by atoms with van der Waals surface area (Å²) >= 11 is 6.12. The van der Waals surface area contributed by atoms with Gasteiger partial charge in [-0.3, -0.25) is 24.6 Å². The molecule has 1 fully saturated rings. The van der Waals surface area contributed by atoms with Crippen LogP contribution in [0.2, 0.25) is 5.02 Å². The number of hydrogen-bond donors (Lipinski definition) is 2. The number of phenols is 1. The molecule has 1 saturated heterocycles. The Labute approximate surface area is 199 Å². The number of benzene rings is 3. The predicted octanol–water partition coefficient (Wildman–Crippen LogP) is 5.20. The van der Waals surface area contributed by atoms with Gasteiger partial charge in [0, 0.05) is 23.4 Å². The molecule has 0 aliphatic carbocycles. The number of aliphatic hydroxyl groups excluding tert-OH is 1. The van der Waals surface area contributed by atoms with Gasteiger partial charge in [-0.05, 0) is 66.9 Å². The Hall–Kier alpha value is -4.17. The number of hydrogen-bond acceptors (Lipinski definition) is 6. The Bertz CT molecular complexity index is 1380. The Morgan fingerprint density at radius 3 is 2.26 bits per heavy atom. The maximum Gasteiger partial charge on any atom is 0.300 e. The van der Waals surface area contributed by atoms with Crippen molar-refractivity contribution in [3.8, 4) is 5.75 Å². The second-order valence-corrected chi connectivity index (χ2v) is 8.36. The van der Waals surface area contributed by atoms with Crippen molar-refractivity contribution in [3.05, 3.63) is 104 Å². The summed E-state index contributed by atoms with van der Waals surface area (Å²) < 4.78 is 0. The van der Waals surface area contributed by atoms with Crippen LogP contribution < -0.4 is 4.90 Å². The summed E-state index contributed by atoms with van der Waals surface area (Å²) in [5.74, 6) is -2.41. The summed E-state index contributed by atoms with van der Waals surface area (Å²) in [5, 5.41) is 31.9. The normalized spacial score (nSPS) is 17.3. The molecule has 172 valence electrons. The molecule has 0 aromatic heterocycles. The highest BCUT2D eigenvalue weighted by Gasteiger charge is 2.47. The summed E-state index contributed by atoms with van der Waals surface area (Å²) in [4.78, 5) is 38.0. The average molecular weight is 479 g/mol. The first-order valence-electron chi connectivity index (χ1n) is 10.2. The molecule has 1 aliphatic rings. The van der Waals surface area contributed by atoms with E-state index in [0.29, 0.717) is 11.3 Å².